The van der Waals surface area contributed by atoms with Gasteiger partial charge in [0.1, 0.15) is 11.6 Å². The van der Waals surface area contributed by atoms with Crippen LogP contribution in [-0.4, -0.2) is 43.5 Å². The molecule has 1 amide bonds. The Labute approximate surface area is 211 Å². The maximum absolute atomic E-state index is 14.3. The summed E-state index contributed by atoms with van der Waals surface area (Å²) in [5.41, 5.74) is 7.17. The molecule has 4 rings (SSSR count). The van der Waals surface area contributed by atoms with E-state index in [2.05, 4.69) is 25.5 Å². The summed E-state index contributed by atoms with van der Waals surface area (Å²) in [6.45, 7) is 2.61. The zero-order valence-corrected chi connectivity index (χ0v) is 21.2. The molecule has 1 atom stereocenters. The highest BCUT2D eigenvalue weighted by Gasteiger charge is 2.45. The second-order valence-corrected chi connectivity index (χ2v) is 8.71. The van der Waals surface area contributed by atoms with Crippen molar-refractivity contribution in [3.8, 4) is 0 Å². The van der Waals surface area contributed by atoms with Gasteiger partial charge in [0, 0.05) is 50.4 Å². The average Bonchev–Trinajstić information content (AvgIpc) is 3.60. The Hall–Kier alpha value is -2.43. The predicted octanol–water partition coefficient (Wildman–Crippen LogP) is 2.94. The number of anilines is 1. The van der Waals surface area contributed by atoms with Crippen molar-refractivity contribution in [3.05, 3.63) is 59.5 Å². The molecular weight excluding hydrogens is 534 g/mol. The molecule has 2 fully saturated rings. The first-order chi connectivity index (χ1) is 15.5. The van der Waals surface area contributed by atoms with Gasteiger partial charge in [-0.15, -0.1) is 24.0 Å². The summed E-state index contributed by atoms with van der Waals surface area (Å²) in [4.78, 5) is 22.7. The molecule has 0 radical (unpaired) electrons. The molecular formula is C24H32FIN6O. The number of guanidine groups is 1. The Morgan fingerprint density at radius 3 is 2.76 bits per heavy atom. The Balaban J connectivity index is 0.00000306. The van der Waals surface area contributed by atoms with Crippen LogP contribution >= 0.6 is 24.0 Å². The number of primary amides is 1. The number of benzene rings is 1. The first-order valence-corrected chi connectivity index (χ1v) is 11.2. The quantitative estimate of drug-likeness (QED) is 0.272. The van der Waals surface area contributed by atoms with Crippen molar-refractivity contribution in [2.75, 3.05) is 31.6 Å². The smallest absolute Gasteiger partial charge is 0.222 e. The van der Waals surface area contributed by atoms with E-state index in [0.29, 0.717) is 25.6 Å². The predicted molar refractivity (Wildman–Crippen MR) is 139 cm³/mol. The van der Waals surface area contributed by atoms with Gasteiger partial charge < -0.3 is 21.3 Å². The van der Waals surface area contributed by atoms with Crippen molar-refractivity contribution in [2.24, 2.45) is 16.6 Å². The first-order valence-electron chi connectivity index (χ1n) is 11.2. The standard InChI is InChI=1S/C24H31FN6O.HI/c1-27-23(30-16-24(10-11-24)19-8-2-3-9-20(19)25)29-14-17-6-4-12-28-22(17)31-13-5-7-18(15-31)21(26)32;/h2-4,6,8-9,12,18H,5,7,10-11,13-16H2,1H3,(H2,26,32)(H2,27,29,30);1H. The van der Waals surface area contributed by atoms with E-state index in [4.69, 9.17) is 5.73 Å². The monoisotopic (exact) mass is 566 g/mol. The van der Waals surface area contributed by atoms with E-state index in [1.807, 2.05) is 24.3 Å². The number of aromatic nitrogens is 1. The minimum atomic E-state index is -0.251. The summed E-state index contributed by atoms with van der Waals surface area (Å²) in [7, 11) is 1.73. The van der Waals surface area contributed by atoms with Gasteiger partial charge >= 0.3 is 0 Å². The van der Waals surface area contributed by atoms with Crippen LogP contribution in [0.4, 0.5) is 10.2 Å². The SMILES string of the molecule is CN=C(NCc1cccnc1N1CCCC(C(N)=O)C1)NCC1(c2ccccc2F)CC1.I. The molecule has 1 saturated carbocycles. The maximum atomic E-state index is 14.3. The number of piperidine rings is 1. The molecule has 1 unspecified atom stereocenters. The molecule has 33 heavy (non-hydrogen) atoms. The lowest BCUT2D eigenvalue weighted by atomic mass is 9.95. The number of aliphatic imine (C=N–C) groups is 1. The van der Waals surface area contributed by atoms with Gasteiger partial charge in [-0.05, 0) is 43.4 Å². The Morgan fingerprint density at radius 2 is 2.06 bits per heavy atom. The minimum absolute atomic E-state index is 0. The number of amides is 1. The molecule has 1 saturated heterocycles. The molecule has 9 heteroatoms. The van der Waals surface area contributed by atoms with Crippen molar-refractivity contribution in [2.45, 2.75) is 37.6 Å². The molecule has 1 aromatic heterocycles. The lowest BCUT2D eigenvalue weighted by molar-refractivity contribution is -0.122. The number of halogens is 2. The highest BCUT2D eigenvalue weighted by Crippen LogP contribution is 2.48. The molecule has 4 N–H and O–H groups in total. The average molecular weight is 566 g/mol. The largest absolute Gasteiger partial charge is 0.369 e. The fourth-order valence-electron chi connectivity index (χ4n) is 4.49. The summed E-state index contributed by atoms with van der Waals surface area (Å²) < 4.78 is 14.3. The second-order valence-electron chi connectivity index (χ2n) is 8.71. The van der Waals surface area contributed by atoms with Crippen LogP contribution in [0, 0.1) is 11.7 Å². The van der Waals surface area contributed by atoms with Crippen molar-refractivity contribution in [3.63, 3.8) is 0 Å². The summed E-state index contributed by atoms with van der Waals surface area (Å²) in [6, 6.07) is 10.9. The van der Waals surface area contributed by atoms with Crippen LogP contribution in [0.1, 0.15) is 36.8 Å². The number of nitrogens with two attached hydrogens (primary N) is 1. The van der Waals surface area contributed by atoms with Gasteiger partial charge in [0.25, 0.3) is 0 Å². The van der Waals surface area contributed by atoms with Crippen LogP contribution < -0.4 is 21.3 Å². The van der Waals surface area contributed by atoms with Gasteiger partial charge in [0.15, 0.2) is 5.96 Å². The molecule has 1 aliphatic heterocycles. The summed E-state index contributed by atoms with van der Waals surface area (Å²) >= 11 is 0. The molecule has 0 spiro atoms. The highest BCUT2D eigenvalue weighted by molar-refractivity contribution is 14.0. The lowest BCUT2D eigenvalue weighted by Gasteiger charge is -2.33. The number of hydrogen-bond acceptors (Lipinski definition) is 4. The zero-order valence-electron chi connectivity index (χ0n) is 18.9. The van der Waals surface area contributed by atoms with Crippen molar-refractivity contribution in [1.82, 2.24) is 15.6 Å². The number of rotatable bonds is 7. The van der Waals surface area contributed by atoms with E-state index in [1.165, 1.54) is 6.07 Å². The molecule has 7 nitrogen and oxygen atoms in total. The van der Waals surface area contributed by atoms with E-state index in [-0.39, 0.29) is 47.0 Å². The number of hydrogen-bond donors (Lipinski definition) is 3. The summed E-state index contributed by atoms with van der Waals surface area (Å²) in [5, 5.41) is 6.72. The van der Waals surface area contributed by atoms with Crippen LogP contribution in [-0.2, 0) is 16.8 Å². The third kappa shape index (κ3) is 5.93. The van der Waals surface area contributed by atoms with E-state index in [0.717, 1.165) is 49.2 Å². The molecule has 0 bridgehead atoms. The maximum Gasteiger partial charge on any atom is 0.222 e. The van der Waals surface area contributed by atoms with E-state index in [9.17, 15) is 9.18 Å². The first kappa shape index (κ1) is 25.2. The zero-order chi connectivity index (χ0) is 22.6. The second kappa shape index (κ2) is 11.1. The number of nitrogens with zero attached hydrogens (tertiary/aromatic N) is 3. The van der Waals surface area contributed by atoms with Crippen LogP contribution in [0.15, 0.2) is 47.6 Å². The third-order valence-corrected chi connectivity index (χ3v) is 6.55. The fraction of sp³-hybridized carbons (Fsp3) is 0.458. The van der Waals surface area contributed by atoms with E-state index in [1.54, 1.807) is 19.3 Å². The number of carbonyl (C=O) groups excluding carboxylic acids is 1. The number of carbonyl (C=O) groups is 1. The summed E-state index contributed by atoms with van der Waals surface area (Å²) in [6.07, 6.45) is 5.43. The molecule has 2 aliphatic rings. The van der Waals surface area contributed by atoms with E-state index < -0.39 is 0 Å². The topological polar surface area (TPSA) is 95.6 Å². The molecule has 1 aromatic carbocycles. The fourth-order valence-corrected chi connectivity index (χ4v) is 4.49. The number of pyridine rings is 1. The molecule has 1 aliphatic carbocycles. The van der Waals surface area contributed by atoms with Crippen molar-refractivity contribution in [1.29, 1.82) is 0 Å². The van der Waals surface area contributed by atoms with Gasteiger partial charge in [-0.25, -0.2) is 9.37 Å². The van der Waals surface area contributed by atoms with Gasteiger partial charge in [0.2, 0.25) is 5.91 Å². The van der Waals surface area contributed by atoms with Crippen LogP contribution in [0.25, 0.3) is 0 Å². The lowest BCUT2D eigenvalue weighted by Crippen LogP contribution is -2.43. The van der Waals surface area contributed by atoms with E-state index >= 15 is 0 Å². The number of nitrogens with one attached hydrogen (secondary N) is 2. The van der Waals surface area contributed by atoms with Crippen LogP contribution in [0.3, 0.4) is 0 Å². The molecule has 178 valence electrons. The minimum Gasteiger partial charge on any atom is -0.369 e. The van der Waals surface area contributed by atoms with Gasteiger partial charge in [-0.2, -0.15) is 0 Å². The Bertz CT molecular complexity index is 996. The molecule has 2 aromatic rings. The van der Waals surface area contributed by atoms with Gasteiger partial charge in [-0.3, -0.25) is 9.79 Å². The highest BCUT2D eigenvalue weighted by atomic mass is 127. The van der Waals surface area contributed by atoms with Crippen molar-refractivity contribution >= 4 is 41.7 Å². The normalized spacial score (nSPS) is 19.4. The van der Waals surface area contributed by atoms with Crippen LogP contribution in [0.5, 0.6) is 0 Å². The van der Waals surface area contributed by atoms with Gasteiger partial charge in [-0.1, -0.05) is 24.3 Å². The van der Waals surface area contributed by atoms with Crippen molar-refractivity contribution < 1.29 is 9.18 Å². The Morgan fingerprint density at radius 1 is 1.27 bits per heavy atom. The summed E-state index contributed by atoms with van der Waals surface area (Å²) in [5.74, 6) is 0.987. The van der Waals surface area contributed by atoms with Gasteiger partial charge in [0.05, 0.1) is 5.92 Å². The third-order valence-electron chi connectivity index (χ3n) is 6.55. The molecule has 2 heterocycles. The van der Waals surface area contributed by atoms with Crippen LogP contribution in [0.2, 0.25) is 0 Å². The Kier molecular flexibility index (Phi) is 8.50.